The Bertz CT molecular complexity index is 193. The van der Waals surface area contributed by atoms with Gasteiger partial charge in [-0.25, -0.2) is 0 Å². The summed E-state index contributed by atoms with van der Waals surface area (Å²) in [7, 11) is 0. The summed E-state index contributed by atoms with van der Waals surface area (Å²) >= 11 is 0. The van der Waals surface area contributed by atoms with E-state index in [0.29, 0.717) is 12.1 Å². The van der Waals surface area contributed by atoms with E-state index < -0.39 is 0 Å². The first-order valence-electron chi connectivity index (χ1n) is 7.68. The lowest BCUT2D eigenvalue weighted by Crippen LogP contribution is -2.47. The van der Waals surface area contributed by atoms with Crippen molar-refractivity contribution in [3.05, 3.63) is 0 Å². The molecule has 0 aromatic carbocycles. The van der Waals surface area contributed by atoms with Crippen LogP contribution < -0.4 is 5.32 Å². The first-order chi connectivity index (χ1) is 8.19. The molecule has 1 heterocycles. The van der Waals surface area contributed by atoms with Crippen molar-refractivity contribution in [2.45, 2.75) is 84.3 Å². The molecule has 3 unspecified atom stereocenters. The molecule has 0 spiro atoms. The van der Waals surface area contributed by atoms with E-state index in [1.165, 1.54) is 45.1 Å². The van der Waals surface area contributed by atoms with E-state index in [9.17, 15) is 0 Å². The summed E-state index contributed by atoms with van der Waals surface area (Å²) in [6.45, 7) is 11.7. The molecule has 1 fully saturated rings. The van der Waals surface area contributed by atoms with E-state index >= 15 is 0 Å². The smallest absolute Gasteiger partial charge is 0.0195 e. The SMILES string of the molecule is CCC(C)NCC(C)N1CCCCCC1CC. The number of rotatable bonds is 6. The fourth-order valence-corrected chi connectivity index (χ4v) is 2.85. The zero-order valence-electron chi connectivity index (χ0n) is 12.3. The second kappa shape index (κ2) is 8.10. The molecule has 17 heavy (non-hydrogen) atoms. The van der Waals surface area contributed by atoms with Crippen LogP contribution in [0.3, 0.4) is 0 Å². The Morgan fingerprint density at radius 2 is 1.94 bits per heavy atom. The minimum atomic E-state index is 0.657. The topological polar surface area (TPSA) is 15.3 Å². The van der Waals surface area contributed by atoms with Gasteiger partial charge in [0, 0.05) is 24.7 Å². The van der Waals surface area contributed by atoms with Crippen LogP contribution in [-0.2, 0) is 0 Å². The van der Waals surface area contributed by atoms with Gasteiger partial charge in [0.2, 0.25) is 0 Å². The van der Waals surface area contributed by atoms with Crippen LogP contribution >= 0.6 is 0 Å². The van der Waals surface area contributed by atoms with Gasteiger partial charge in [0.15, 0.2) is 0 Å². The molecule has 0 bridgehead atoms. The van der Waals surface area contributed by atoms with E-state index in [-0.39, 0.29) is 0 Å². The zero-order chi connectivity index (χ0) is 12.7. The number of likely N-dealkylation sites (tertiary alicyclic amines) is 1. The summed E-state index contributed by atoms with van der Waals surface area (Å²) in [6, 6.07) is 2.17. The van der Waals surface area contributed by atoms with Crippen molar-refractivity contribution in [3.63, 3.8) is 0 Å². The van der Waals surface area contributed by atoms with Crippen LogP contribution in [-0.4, -0.2) is 36.1 Å². The van der Waals surface area contributed by atoms with Gasteiger partial charge in [-0.2, -0.15) is 0 Å². The number of nitrogens with one attached hydrogen (secondary N) is 1. The Morgan fingerprint density at radius 1 is 1.18 bits per heavy atom. The van der Waals surface area contributed by atoms with E-state index in [2.05, 4.69) is 37.9 Å². The molecular formula is C15H32N2. The normalized spacial score (nSPS) is 26.5. The maximum absolute atomic E-state index is 3.65. The molecule has 2 nitrogen and oxygen atoms in total. The molecule has 3 atom stereocenters. The summed E-state index contributed by atoms with van der Waals surface area (Å²) in [5, 5.41) is 3.65. The maximum Gasteiger partial charge on any atom is 0.0195 e. The predicted molar refractivity (Wildman–Crippen MR) is 76.5 cm³/mol. The van der Waals surface area contributed by atoms with Crippen LogP contribution in [0.15, 0.2) is 0 Å². The van der Waals surface area contributed by atoms with Gasteiger partial charge in [-0.15, -0.1) is 0 Å². The third-order valence-electron chi connectivity index (χ3n) is 4.33. The fourth-order valence-electron chi connectivity index (χ4n) is 2.85. The lowest BCUT2D eigenvalue weighted by Gasteiger charge is -2.35. The molecule has 0 aromatic heterocycles. The highest BCUT2D eigenvalue weighted by Crippen LogP contribution is 2.21. The third kappa shape index (κ3) is 4.97. The molecule has 1 N–H and O–H groups in total. The highest BCUT2D eigenvalue weighted by Gasteiger charge is 2.23. The van der Waals surface area contributed by atoms with Crippen LogP contribution in [0.1, 0.15) is 66.2 Å². The van der Waals surface area contributed by atoms with Gasteiger partial charge < -0.3 is 5.32 Å². The minimum Gasteiger partial charge on any atom is -0.313 e. The van der Waals surface area contributed by atoms with Crippen molar-refractivity contribution in [2.24, 2.45) is 0 Å². The number of nitrogens with zero attached hydrogens (tertiary/aromatic N) is 1. The summed E-state index contributed by atoms with van der Waals surface area (Å²) in [5.41, 5.74) is 0. The molecule has 1 aliphatic heterocycles. The largest absolute Gasteiger partial charge is 0.313 e. The van der Waals surface area contributed by atoms with Gasteiger partial charge in [0.1, 0.15) is 0 Å². The van der Waals surface area contributed by atoms with Crippen LogP contribution in [0.2, 0.25) is 0 Å². The van der Waals surface area contributed by atoms with Gasteiger partial charge in [-0.05, 0) is 46.1 Å². The Labute approximate surface area is 108 Å². The average Bonchev–Trinajstić information content (AvgIpc) is 2.60. The van der Waals surface area contributed by atoms with Crippen molar-refractivity contribution in [1.82, 2.24) is 10.2 Å². The second-order valence-corrected chi connectivity index (χ2v) is 5.72. The van der Waals surface area contributed by atoms with Gasteiger partial charge in [-0.1, -0.05) is 26.7 Å². The van der Waals surface area contributed by atoms with Crippen LogP contribution in [0.4, 0.5) is 0 Å². The van der Waals surface area contributed by atoms with Crippen LogP contribution in [0.5, 0.6) is 0 Å². The molecule has 0 amide bonds. The molecule has 1 saturated heterocycles. The van der Waals surface area contributed by atoms with Crippen molar-refractivity contribution in [1.29, 1.82) is 0 Å². The fraction of sp³-hybridized carbons (Fsp3) is 1.00. The van der Waals surface area contributed by atoms with Gasteiger partial charge in [0.05, 0.1) is 0 Å². The van der Waals surface area contributed by atoms with Crippen molar-refractivity contribution >= 4 is 0 Å². The number of hydrogen-bond acceptors (Lipinski definition) is 2. The van der Waals surface area contributed by atoms with Gasteiger partial charge >= 0.3 is 0 Å². The van der Waals surface area contributed by atoms with E-state index in [1.807, 2.05) is 0 Å². The molecule has 1 aliphatic rings. The van der Waals surface area contributed by atoms with E-state index in [4.69, 9.17) is 0 Å². The molecule has 1 rings (SSSR count). The molecule has 2 heteroatoms. The van der Waals surface area contributed by atoms with Crippen LogP contribution in [0, 0.1) is 0 Å². The minimum absolute atomic E-state index is 0.657. The molecular weight excluding hydrogens is 208 g/mol. The van der Waals surface area contributed by atoms with E-state index in [1.54, 1.807) is 0 Å². The highest BCUT2D eigenvalue weighted by molar-refractivity contribution is 4.80. The standard InChI is InChI=1S/C15H32N2/c1-5-13(3)16-12-14(4)17-11-9-7-8-10-15(17)6-2/h13-16H,5-12H2,1-4H3. The Kier molecular flexibility index (Phi) is 7.14. The lowest BCUT2D eigenvalue weighted by molar-refractivity contribution is 0.138. The van der Waals surface area contributed by atoms with Crippen molar-refractivity contribution in [2.75, 3.05) is 13.1 Å². The summed E-state index contributed by atoms with van der Waals surface area (Å²) in [5.74, 6) is 0. The van der Waals surface area contributed by atoms with Gasteiger partial charge in [-0.3, -0.25) is 4.90 Å². The summed E-state index contributed by atoms with van der Waals surface area (Å²) in [4.78, 5) is 2.75. The van der Waals surface area contributed by atoms with Gasteiger partial charge in [0.25, 0.3) is 0 Å². The molecule has 0 saturated carbocycles. The maximum atomic E-state index is 3.65. The first kappa shape index (κ1) is 15.0. The monoisotopic (exact) mass is 240 g/mol. The highest BCUT2D eigenvalue weighted by atomic mass is 15.2. The van der Waals surface area contributed by atoms with Crippen molar-refractivity contribution < 1.29 is 0 Å². The second-order valence-electron chi connectivity index (χ2n) is 5.72. The Hall–Kier alpha value is -0.0800. The Balaban J connectivity index is 2.43. The lowest BCUT2D eigenvalue weighted by atomic mass is 10.1. The molecule has 102 valence electrons. The van der Waals surface area contributed by atoms with E-state index in [0.717, 1.165) is 12.6 Å². The quantitative estimate of drug-likeness (QED) is 0.765. The average molecular weight is 240 g/mol. The summed E-state index contributed by atoms with van der Waals surface area (Å²) in [6.07, 6.45) is 8.20. The Morgan fingerprint density at radius 3 is 2.59 bits per heavy atom. The van der Waals surface area contributed by atoms with Crippen LogP contribution in [0.25, 0.3) is 0 Å². The van der Waals surface area contributed by atoms with Crippen molar-refractivity contribution in [3.8, 4) is 0 Å². The number of hydrogen-bond donors (Lipinski definition) is 1. The predicted octanol–water partition coefficient (Wildman–Crippen LogP) is 3.42. The summed E-state index contributed by atoms with van der Waals surface area (Å²) < 4.78 is 0. The zero-order valence-corrected chi connectivity index (χ0v) is 12.3. The molecule has 0 aromatic rings. The molecule has 0 aliphatic carbocycles. The third-order valence-corrected chi connectivity index (χ3v) is 4.33. The first-order valence-corrected chi connectivity index (χ1v) is 7.68. The molecule has 0 radical (unpaired) electrons.